The number of para-hydroxylation sites is 1. The van der Waals surface area contributed by atoms with Crippen molar-refractivity contribution >= 4 is 35.6 Å². The number of phenolic OH excluding ortho intramolecular Hbond substituents is 1. The van der Waals surface area contributed by atoms with Gasteiger partial charge in [0.05, 0.1) is 24.4 Å². The fourth-order valence-electron chi connectivity index (χ4n) is 3.05. The van der Waals surface area contributed by atoms with E-state index in [4.69, 9.17) is 21.7 Å². The molecule has 0 amide bonds. The molecular formula is C20H23Cl2N3O2. The molecule has 0 saturated carbocycles. The number of hydrogen-bond donors (Lipinski definition) is 2. The third-order valence-corrected chi connectivity index (χ3v) is 4.80. The number of hydrazone groups is 1. The van der Waals surface area contributed by atoms with E-state index in [-0.39, 0.29) is 24.1 Å². The molecule has 27 heavy (non-hydrogen) atoms. The highest BCUT2D eigenvalue weighted by Crippen LogP contribution is 2.27. The standard InChI is InChI=1S/C20H22ClN3O2.ClH/c1-13-12-24(23-20(13)15-5-3-4-6-17(15)25)19(22)10-8-14-7-9-18(26-2)16(21)11-14;/h3-7,9,11,13,22,25H,8,10,12H2,1-2H3;1H. The molecule has 0 aliphatic carbocycles. The molecule has 0 spiro atoms. The molecule has 2 aromatic rings. The summed E-state index contributed by atoms with van der Waals surface area (Å²) in [4.78, 5) is 0. The number of aromatic hydroxyl groups is 1. The number of rotatable bonds is 5. The highest BCUT2D eigenvalue weighted by molar-refractivity contribution is 6.32. The lowest BCUT2D eigenvalue weighted by molar-refractivity contribution is 0.415. The van der Waals surface area contributed by atoms with Crippen molar-refractivity contribution < 1.29 is 9.84 Å². The van der Waals surface area contributed by atoms with Crippen LogP contribution in [0.15, 0.2) is 47.6 Å². The van der Waals surface area contributed by atoms with Crippen LogP contribution in [0.3, 0.4) is 0 Å². The second kappa shape index (κ2) is 9.11. The normalized spacial score (nSPS) is 15.9. The molecule has 1 aliphatic rings. The van der Waals surface area contributed by atoms with Gasteiger partial charge in [-0.3, -0.25) is 10.4 Å². The van der Waals surface area contributed by atoms with Crippen molar-refractivity contribution in [3.8, 4) is 11.5 Å². The Balaban J connectivity index is 0.00000261. The molecule has 0 saturated heterocycles. The van der Waals surface area contributed by atoms with Gasteiger partial charge in [0.15, 0.2) is 0 Å². The van der Waals surface area contributed by atoms with Crippen molar-refractivity contribution in [1.82, 2.24) is 5.01 Å². The lowest BCUT2D eigenvalue weighted by Gasteiger charge is -2.15. The maximum absolute atomic E-state index is 10.1. The van der Waals surface area contributed by atoms with Crippen LogP contribution in [-0.4, -0.2) is 35.3 Å². The molecule has 144 valence electrons. The van der Waals surface area contributed by atoms with E-state index in [0.29, 0.717) is 36.0 Å². The third-order valence-electron chi connectivity index (χ3n) is 4.50. The highest BCUT2D eigenvalue weighted by Gasteiger charge is 2.27. The van der Waals surface area contributed by atoms with Gasteiger partial charge in [-0.05, 0) is 36.2 Å². The van der Waals surface area contributed by atoms with Gasteiger partial charge in [0.25, 0.3) is 0 Å². The zero-order chi connectivity index (χ0) is 18.7. The van der Waals surface area contributed by atoms with Crippen LogP contribution in [0.1, 0.15) is 24.5 Å². The summed E-state index contributed by atoms with van der Waals surface area (Å²) < 4.78 is 5.16. The van der Waals surface area contributed by atoms with E-state index >= 15 is 0 Å². The number of ether oxygens (including phenoxy) is 1. The van der Waals surface area contributed by atoms with E-state index in [2.05, 4.69) is 12.0 Å². The second-order valence-corrected chi connectivity index (χ2v) is 6.81. The Morgan fingerprint density at radius 2 is 2.07 bits per heavy atom. The maximum Gasteiger partial charge on any atom is 0.137 e. The molecule has 0 fully saturated rings. The monoisotopic (exact) mass is 407 g/mol. The van der Waals surface area contributed by atoms with Gasteiger partial charge in [-0.15, -0.1) is 12.4 Å². The summed E-state index contributed by atoms with van der Waals surface area (Å²) in [5.74, 6) is 1.48. The fourth-order valence-corrected chi connectivity index (χ4v) is 3.33. The summed E-state index contributed by atoms with van der Waals surface area (Å²) in [7, 11) is 1.59. The van der Waals surface area contributed by atoms with Gasteiger partial charge in [-0.2, -0.15) is 5.10 Å². The topological polar surface area (TPSA) is 68.9 Å². The van der Waals surface area contributed by atoms with Crippen LogP contribution in [0.4, 0.5) is 0 Å². The summed E-state index contributed by atoms with van der Waals surface area (Å²) in [6.45, 7) is 2.70. The molecule has 0 bridgehead atoms. The van der Waals surface area contributed by atoms with Crippen LogP contribution < -0.4 is 4.74 Å². The van der Waals surface area contributed by atoms with Gasteiger partial charge in [-0.1, -0.05) is 36.7 Å². The Kier molecular flexibility index (Phi) is 7.11. The van der Waals surface area contributed by atoms with Crippen LogP contribution >= 0.6 is 24.0 Å². The lowest BCUT2D eigenvalue weighted by atomic mass is 9.98. The van der Waals surface area contributed by atoms with Crippen molar-refractivity contribution in [2.75, 3.05) is 13.7 Å². The molecule has 2 N–H and O–H groups in total. The number of methoxy groups -OCH3 is 1. The van der Waals surface area contributed by atoms with Crippen molar-refractivity contribution in [1.29, 1.82) is 5.41 Å². The number of amidine groups is 1. The van der Waals surface area contributed by atoms with Gasteiger partial charge < -0.3 is 9.84 Å². The van der Waals surface area contributed by atoms with Gasteiger partial charge >= 0.3 is 0 Å². The predicted octanol–water partition coefficient (Wildman–Crippen LogP) is 4.74. The molecule has 5 nitrogen and oxygen atoms in total. The quantitative estimate of drug-likeness (QED) is 0.555. The summed E-state index contributed by atoms with van der Waals surface area (Å²) in [5, 5.41) is 25.3. The number of nitrogens with one attached hydrogen (secondary N) is 1. The molecule has 1 atom stereocenters. The molecule has 1 unspecified atom stereocenters. The number of phenols is 1. The van der Waals surface area contributed by atoms with Crippen LogP contribution in [0.2, 0.25) is 5.02 Å². The molecule has 0 aromatic heterocycles. The predicted molar refractivity (Wildman–Crippen MR) is 112 cm³/mol. The number of hydrogen-bond acceptors (Lipinski definition) is 4. The minimum Gasteiger partial charge on any atom is -0.507 e. The first kappa shape index (κ1) is 21.1. The first-order valence-electron chi connectivity index (χ1n) is 8.54. The van der Waals surface area contributed by atoms with Crippen molar-refractivity contribution in [3.63, 3.8) is 0 Å². The number of benzene rings is 2. The summed E-state index contributed by atoms with van der Waals surface area (Å²) in [5.41, 5.74) is 2.61. The smallest absolute Gasteiger partial charge is 0.137 e. The van der Waals surface area contributed by atoms with Crippen LogP contribution in [-0.2, 0) is 6.42 Å². The first-order valence-corrected chi connectivity index (χ1v) is 8.91. The molecule has 1 heterocycles. The fraction of sp³-hybridized carbons (Fsp3) is 0.300. The van der Waals surface area contributed by atoms with Crippen molar-refractivity contribution in [2.45, 2.75) is 19.8 Å². The Morgan fingerprint density at radius 1 is 1.33 bits per heavy atom. The van der Waals surface area contributed by atoms with Gasteiger partial charge in [0, 0.05) is 17.9 Å². The average Bonchev–Trinajstić information content (AvgIpc) is 3.02. The van der Waals surface area contributed by atoms with Gasteiger partial charge in [-0.25, -0.2) is 0 Å². The first-order chi connectivity index (χ1) is 12.5. The van der Waals surface area contributed by atoms with E-state index in [1.807, 2.05) is 30.3 Å². The Hall–Kier alpha value is -2.24. The Morgan fingerprint density at radius 3 is 2.74 bits per heavy atom. The van der Waals surface area contributed by atoms with E-state index in [0.717, 1.165) is 16.8 Å². The largest absolute Gasteiger partial charge is 0.507 e. The number of aryl methyl sites for hydroxylation is 1. The maximum atomic E-state index is 10.1. The van der Waals surface area contributed by atoms with E-state index in [1.165, 1.54) is 0 Å². The second-order valence-electron chi connectivity index (χ2n) is 6.40. The van der Waals surface area contributed by atoms with Gasteiger partial charge in [0.2, 0.25) is 0 Å². The minimum absolute atomic E-state index is 0. The van der Waals surface area contributed by atoms with Crippen LogP contribution in [0.5, 0.6) is 11.5 Å². The third kappa shape index (κ3) is 4.73. The SMILES string of the molecule is COc1ccc(CCC(=N)N2CC(C)C(c3ccccc3O)=N2)cc1Cl.Cl. The van der Waals surface area contributed by atoms with Crippen LogP contribution in [0.25, 0.3) is 0 Å². The van der Waals surface area contributed by atoms with Crippen LogP contribution in [0, 0.1) is 11.3 Å². The highest BCUT2D eigenvalue weighted by atomic mass is 35.5. The molecule has 3 rings (SSSR count). The lowest BCUT2D eigenvalue weighted by Crippen LogP contribution is -2.25. The van der Waals surface area contributed by atoms with E-state index in [1.54, 1.807) is 24.3 Å². The number of halogens is 2. The molecular weight excluding hydrogens is 385 g/mol. The van der Waals surface area contributed by atoms with E-state index in [9.17, 15) is 5.11 Å². The molecule has 7 heteroatoms. The van der Waals surface area contributed by atoms with E-state index < -0.39 is 0 Å². The molecule has 2 aromatic carbocycles. The average molecular weight is 408 g/mol. The van der Waals surface area contributed by atoms with Crippen molar-refractivity contribution in [3.05, 3.63) is 58.6 Å². The Labute approximate surface area is 170 Å². The summed E-state index contributed by atoms with van der Waals surface area (Å²) in [6.07, 6.45) is 1.27. The number of nitrogens with zero attached hydrogens (tertiary/aromatic N) is 2. The Bertz CT molecular complexity index is 855. The molecule has 0 radical (unpaired) electrons. The zero-order valence-electron chi connectivity index (χ0n) is 15.3. The minimum atomic E-state index is 0. The van der Waals surface area contributed by atoms with Crippen molar-refractivity contribution in [2.24, 2.45) is 11.0 Å². The molecule has 1 aliphatic heterocycles. The summed E-state index contributed by atoms with van der Waals surface area (Å²) >= 11 is 6.16. The zero-order valence-corrected chi connectivity index (χ0v) is 16.8. The summed E-state index contributed by atoms with van der Waals surface area (Å²) in [6, 6.07) is 12.9. The van der Waals surface area contributed by atoms with Gasteiger partial charge in [0.1, 0.15) is 17.3 Å².